The average molecular weight is 350 g/mol. The molecule has 0 spiro atoms. The van der Waals surface area contributed by atoms with Gasteiger partial charge in [-0.15, -0.1) is 0 Å². The van der Waals surface area contributed by atoms with Crippen LogP contribution in [-0.2, 0) is 13.1 Å². The van der Waals surface area contributed by atoms with Crippen molar-refractivity contribution in [3.05, 3.63) is 70.6 Å². The zero-order chi connectivity index (χ0) is 18.7. The quantitative estimate of drug-likeness (QED) is 0.633. The third-order valence-corrected chi connectivity index (χ3v) is 4.51. The average Bonchev–Trinajstić information content (AvgIpc) is 2.96. The molecule has 136 valence electrons. The van der Waals surface area contributed by atoms with Crippen LogP contribution in [0.5, 0.6) is 5.75 Å². The van der Waals surface area contributed by atoms with E-state index in [0.717, 1.165) is 35.9 Å². The molecule has 3 rings (SSSR count). The minimum atomic E-state index is 0.683. The highest BCUT2D eigenvalue weighted by Crippen LogP contribution is 2.26. The van der Waals surface area contributed by atoms with Crippen LogP contribution in [0.1, 0.15) is 28.1 Å². The Morgan fingerprint density at radius 1 is 1.00 bits per heavy atom. The molecule has 0 saturated carbocycles. The Labute approximate surface area is 155 Å². The number of oxazole rings is 1. The van der Waals surface area contributed by atoms with Crippen molar-refractivity contribution < 1.29 is 9.15 Å². The lowest BCUT2D eigenvalue weighted by Crippen LogP contribution is -2.18. The Balaban J connectivity index is 1.73. The van der Waals surface area contributed by atoms with Crippen molar-refractivity contribution in [2.75, 3.05) is 14.2 Å². The molecule has 0 amide bonds. The molecule has 4 heteroatoms. The number of aryl methyl sites for hydroxylation is 3. The smallest absolute Gasteiger partial charge is 0.226 e. The predicted octanol–water partition coefficient (Wildman–Crippen LogP) is 4.91. The summed E-state index contributed by atoms with van der Waals surface area (Å²) >= 11 is 0. The van der Waals surface area contributed by atoms with Gasteiger partial charge in [0.1, 0.15) is 11.5 Å². The van der Waals surface area contributed by atoms with Crippen molar-refractivity contribution in [1.82, 2.24) is 9.88 Å². The van der Waals surface area contributed by atoms with Crippen molar-refractivity contribution in [1.29, 1.82) is 0 Å². The largest absolute Gasteiger partial charge is 0.496 e. The van der Waals surface area contributed by atoms with Gasteiger partial charge in [-0.3, -0.25) is 4.90 Å². The van der Waals surface area contributed by atoms with Gasteiger partial charge in [0.15, 0.2) is 0 Å². The maximum absolute atomic E-state index is 5.87. The summed E-state index contributed by atoms with van der Waals surface area (Å²) in [6, 6.07) is 14.4. The number of rotatable bonds is 6. The van der Waals surface area contributed by atoms with Crippen LogP contribution >= 0.6 is 0 Å². The minimum absolute atomic E-state index is 0.683. The molecule has 3 aromatic rings. The van der Waals surface area contributed by atoms with Gasteiger partial charge < -0.3 is 9.15 Å². The summed E-state index contributed by atoms with van der Waals surface area (Å²) in [5, 5.41) is 0. The van der Waals surface area contributed by atoms with Crippen LogP contribution in [0.3, 0.4) is 0 Å². The van der Waals surface area contributed by atoms with E-state index in [1.54, 1.807) is 7.11 Å². The summed E-state index contributed by atoms with van der Waals surface area (Å²) in [4.78, 5) is 6.95. The molecule has 0 unspecified atom stereocenters. The molecule has 1 heterocycles. The van der Waals surface area contributed by atoms with Gasteiger partial charge in [-0.1, -0.05) is 30.3 Å². The first-order valence-corrected chi connectivity index (χ1v) is 8.82. The number of ether oxygens (including phenoxy) is 1. The number of methoxy groups -OCH3 is 1. The van der Waals surface area contributed by atoms with E-state index in [2.05, 4.69) is 37.9 Å². The van der Waals surface area contributed by atoms with Crippen molar-refractivity contribution >= 4 is 0 Å². The molecule has 0 bridgehead atoms. The molecule has 0 fully saturated rings. The minimum Gasteiger partial charge on any atom is -0.496 e. The molecule has 4 nitrogen and oxygen atoms in total. The maximum atomic E-state index is 5.87. The monoisotopic (exact) mass is 350 g/mol. The lowest BCUT2D eigenvalue weighted by Gasteiger charge is -2.18. The Morgan fingerprint density at radius 3 is 2.27 bits per heavy atom. The summed E-state index contributed by atoms with van der Waals surface area (Å²) in [6.07, 6.45) is 0. The van der Waals surface area contributed by atoms with Gasteiger partial charge in [0.25, 0.3) is 0 Å². The second-order valence-corrected chi connectivity index (χ2v) is 6.82. The van der Waals surface area contributed by atoms with E-state index >= 15 is 0 Å². The fraction of sp³-hybridized carbons (Fsp3) is 0.318. The van der Waals surface area contributed by atoms with Crippen molar-refractivity contribution in [3.63, 3.8) is 0 Å². The summed E-state index contributed by atoms with van der Waals surface area (Å²) in [5.41, 5.74) is 5.59. The Kier molecular flexibility index (Phi) is 5.43. The second kappa shape index (κ2) is 7.75. The Bertz CT molecular complexity index is 861. The number of aromatic nitrogens is 1. The fourth-order valence-corrected chi connectivity index (χ4v) is 3.36. The van der Waals surface area contributed by atoms with Crippen LogP contribution in [0.4, 0.5) is 0 Å². The molecular weight excluding hydrogens is 324 g/mol. The van der Waals surface area contributed by atoms with E-state index in [0.29, 0.717) is 5.89 Å². The van der Waals surface area contributed by atoms with Crippen molar-refractivity contribution in [3.8, 4) is 17.2 Å². The SMILES string of the molecule is COc1c(C)cc(CN(C)Cc2nc(-c3ccccc3)oc2C)cc1C. The van der Waals surface area contributed by atoms with Crippen LogP contribution in [0.15, 0.2) is 46.9 Å². The number of hydrogen-bond acceptors (Lipinski definition) is 4. The molecule has 0 radical (unpaired) electrons. The number of benzene rings is 2. The summed E-state index contributed by atoms with van der Waals surface area (Å²) in [7, 11) is 3.82. The summed E-state index contributed by atoms with van der Waals surface area (Å²) in [6.45, 7) is 7.74. The van der Waals surface area contributed by atoms with Gasteiger partial charge in [0, 0.05) is 18.7 Å². The first kappa shape index (κ1) is 18.2. The van der Waals surface area contributed by atoms with Gasteiger partial charge in [-0.05, 0) is 56.6 Å². The normalized spacial score (nSPS) is 11.2. The van der Waals surface area contributed by atoms with Crippen LogP contribution in [0, 0.1) is 20.8 Å². The molecular formula is C22H26N2O2. The summed E-state index contributed by atoms with van der Waals surface area (Å²) < 4.78 is 11.3. The number of nitrogens with zero attached hydrogens (tertiary/aromatic N) is 2. The van der Waals surface area contributed by atoms with E-state index < -0.39 is 0 Å². The third-order valence-electron chi connectivity index (χ3n) is 4.51. The fourth-order valence-electron chi connectivity index (χ4n) is 3.36. The highest BCUT2D eigenvalue weighted by atomic mass is 16.5. The lowest BCUT2D eigenvalue weighted by atomic mass is 10.1. The highest BCUT2D eigenvalue weighted by Gasteiger charge is 2.14. The topological polar surface area (TPSA) is 38.5 Å². The van der Waals surface area contributed by atoms with E-state index in [4.69, 9.17) is 14.1 Å². The molecule has 2 aromatic carbocycles. The van der Waals surface area contributed by atoms with E-state index in [1.165, 1.54) is 16.7 Å². The molecule has 1 aromatic heterocycles. The van der Waals surface area contributed by atoms with Crippen molar-refractivity contribution in [2.24, 2.45) is 0 Å². The van der Waals surface area contributed by atoms with Crippen LogP contribution in [-0.4, -0.2) is 24.0 Å². The molecule has 26 heavy (non-hydrogen) atoms. The lowest BCUT2D eigenvalue weighted by molar-refractivity contribution is 0.313. The van der Waals surface area contributed by atoms with Crippen LogP contribution < -0.4 is 4.74 Å². The predicted molar refractivity (Wildman–Crippen MR) is 104 cm³/mol. The van der Waals surface area contributed by atoms with Crippen LogP contribution in [0.25, 0.3) is 11.5 Å². The Morgan fingerprint density at radius 2 is 1.65 bits per heavy atom. The van der Waals surface area contributed by atoms with Crippen LogP contribution in [0.2, 0.25) is 0 Å². The van der Waals surface area contributed by atoms with Gasteiger partial charge in [-0.25, -0.2) is 4.98 Å². The maximum Gasteiger partial charge on any atom is 0.226 e. The first-order chi connectivity index (χ1) is 12.5. The number of hydrogen-bond donors (Lipinski definition) is 0. The first-order valence-electron chi connectivity index (χ1n) is 8.82. The van der Waals surface area contributed by atoms with Crippen molar-refractivity contribution in [2.45, 2.75) is 33.9 Å². The molecule has 0 saturated heterocycles. The third kappa shape index (κ3) is 3.97. The molecule has 0 aliphatic rings. The molecule has 0 N–H and O–H groups in total. The second-order valence-electron chi connectivity index (χ2n) is 6.82. The molecule has 0 aliphatic heterocycles. The highest BCUT2D eigenvalue weighted by molar-refractivity contribution is 5.53. The van der Waals surface area contributed by atoms with Gasteiger partial charge in [0.2, 0.25) is 5.89 Å². The van der Waals surface area contributed by atoms with E-state index in [-0.39, 0.29) is 0 Å². The van der Waals surface area contributed by atoms with Gasteiger partial charge in [0.05, 0.1) is 12.8 Å². The van der Waals surface area contributed by atoms with Gasteiger partial charge in [-0.2, -0.15) is 0 Å². The zero-order valence-corrected chi connectivity index (χ0v) is 16.2. The van der Waals surface area contributed by atoms with Gasteiger partial charge >= 0.3 is 0 Å². The van der Waals surface area contributed by atoms with E-state index in [1.807, 2.05) is 37.3 Å². The van der Waals surface area contributed by atoms with E-state index in [9.17, 15) is 0 Å². The standard InChI is InChI=1S/C22H26N2O2/c1-15-11-18(12-16(2)21(15)25-5)13-24(4)14-20-17(3)26-22(23-20)19-9-7-6-8-10-19/h6-12H,13-14H2,1-5H3. The Hall–Kier alpha value is -2.59. The molecule has 0 atom stereocenters. The zero-order valence-electron chi connectivity index (χ0n) is 16.2. The summed E-state index contributed by atoms with van der Waals surface area (Å²) in [5.74, 6) is 2.52. The molecule has 0 aliphatic carbocycles.